The fraction of sp³-hybridized carbons (Fsp3) is 0.143. The molecule has 0 radical (unpaired) electrons. The first-order valence-corrected chi connectivity index (χ1v) is 10.3. The summed E-state index contributed by atoms with van der Waals surface area (Å²) in [5.74, 6) is 0.803. The molecule has 1 N–H and O–H groups in total. The van der Waals surface area contributed by atoms with Crippen LogP contribution in [0.25, 0.3) is 5.65 Å². The van der Waals surface area contributed by atoms with E-state index in [1.54, 1.807) is 24.4 Å². The van der Waals surface area contributed by atoms with Gasteiger partial charge in [0.15, 0.2) is 17.1 Å². The van der Waals surface area contributed by atoms with Gasteiger partial charge >= 0.3 is 5.69 Å². The van der Waals surface area contributed by atoms with Crippen LogP contribution in [0, 0.1) is 6.92 Å². The molecule has 0 spiro atoms. The number of rotatable bonds is 5. The molecule has 31 heavy (non-hydrogen) atoms. The van der Waals surface area contributed by atoms with E-state index in [2.05, 4.69) is 15.4 Å². The van der Waals surface area contributed by atoms with Crippen LogP contribution in [0.5, 0.6) is 11.5 Å². The molecule has 0 unspecified atom stereocenters. The lowest BCUT2D eigenvalue weighted by Crippen LogP contribution is -2.28. The highest BCUT2D eigenvalue weighted by Crippen LogP contribution is 2.34. The molecule has 1 aliphatic rings. The van der Waals surface area contributed by atoms with Crippen LogP contribution in [0.3, 0.4) is 0 Å². The summed E-state index contributed by atoms with van der Waals surface area (Å²) in [6.45, 7) is 1.93. The maximum absolute atomic E-state index is 12.7. The molecule has 1 aliphatic heterocycles. The first-order chi connectivity index (χ1) is 15.1. The Morgan fingerprint density at radius 1 is 1.19 bits per heavy atom. The second-order valence-electron chi connectivity index (χ2n) is 6.90. The van der Waals surface area contributed by atoms with E-state index in [0.29, 0.717) is 27.9 Å². The van der Waals surface area contributed by atoms with Gasteiger partial charge in [0, 0.05) is 29.0 Å². The molecular formula is C21H17N5O4S. The highest BCUT2D eigenvalue weighted by molar-refractivity contribution is 7.99. The minimum atomic E-state index is -0.413. The van der Waals surface area contributed by atoms with Crippen molar-refractivity contribution in [1.82, 2.24) is 19.2 Å². The number of aryl methyl sites for hydroxylation is 1. The molecule has 0 bridgehead atoms. The van der Waals surface area contributed by atoms with Crippen molar-refractivity contribution in [3.8, 4) is 11.5 Å². The van der Waals surface area contributed by atoms with Crippen molar-refractivity contribution in [3.63, 3.8) is 0 Å². The van der Waals surface area contributed by atoms with Crippen molar-refractivity contribution in [2.75, 3.05) is 12.1 Å². The molecule has 9 nitrogen and oxygen atoms in total. The van der Waals surface area contributed by atoms with Gasteiger partial charge in [-0.15, -0.1) is 5.10 Å². The summed E-state index contributed by atoms with van der Waals surface area (Å²) in [6, 6.07) is 13.1. The number of carbonyl (C=O) groups is 1. The van der Waals surface area contributed by atoms with Gasteiger partial charge in [0.25, 0.3) is 0 Å². The predicted octanol–water partition coefficient (Wildman–Crippen LogP) is 2.72. The number of nitrogens with one attached hydrogen (secondary N) is 1. The number of ether oxygens (including phenoxy) is 2. The number of fused-ring (bicyclic) bond motifs is 2. The third-order valence-corrected chi connectivity index (χ3v) is 5.59. The minimum absolute atomic E-state index is 0.153. The zero-order valence-electron chi connectivity index (χ0n) is 16.4. The second kappa shape index (κ2) is 7.80. The van der Waals surface area contributed by atoms with E-state index in [9.17, 15) is 9.59 Å². The number of nitrogens with zero attached hydrogens (tertiary/aromatic N) is 4. The third-order valence-electron chi connectivity index (χ3n) is 4.62. The number of anilines is 1. The lowest BCUT2D eigenvalue weighted by atomic mass is 10.2. The Hall–Kier alpha value is -3.79. The number of hydrogen-bond donors (Lipinski definition) is 1. The molecule has 4 aromatic rings. The number of amides is 1. The highest BCUT2D eigenvalue weighted by Gasteiger charge is 2.17. The molecule has 5 rings (SSSR count). The SMILES string of the molecule is Cc1cccc(Sc2nccn3c(=O)n(CC(=O)Nc4ccc5c(c4)OCO5)nc23)c1. The van der Waals surface area contributed by atoms with Crippen molar-refractivity contribution < 1.29 is 14.3 Å². The normalized spacial score (nSPS) is 12.3. The molecule has 0 aliphatic carbocycles. The molecular weight excluding hydrogens is 418 g/mol. The summed E-state index contributed by atoms with van der Waals surface area (Å²) in [7, 11) is 0. The Kier molecular flexibility index (Phi) is 4.83. The van der Waals surface area contributed by atoms with Crippen molar-refractivity contribution in [3.05, 3.63) is 70.9 Å². The second-order valence-corrected chi connectivity index (χ2v) is 7.96. The average Bonchev–Trinajstić information content (AvgIpc) is 3.33. The van der Waals surface area contributed by atoms with Gasteiger partial charge in [0.1, 0.15) is 11.6 Å². The lowest BCUT2D eigenvalue weighted by molar-refractivity contribution is -0.117. The van der Waals surface area contributed by atoms with Crippen molar-refractivity contribution in [2.45, 2.75) is 23.4 Å². The summed E-state index contributed by atoms with van der Waals surface area (Å²) in [6.07, 6.45) is 3.09. The zero-order valence-corrected chi connectivity index (χ0v) is 17.3. The summed E-state index contributed by atoms with van der Waals surface area (Å²) < 4.78 is 13.1. The Bertz CT molecular complexity index is 1360. The number of aromatic nitrogens is 4. The maximum atomic E-state index is 12.7. The van der Waals surface area contributed by atoms with Crippen LogP contribution >= 0.6 is 11.8 Å². The van der Waals surface area contributed by atoms with E-state index in [-0.39, 0.29) is 19.2 Å². The molecule has 0 saturated heterocycles. The summed E-state index contributed by atoms with van der Waals surface area (Å²) >= 11 is 1.41. The smallest absolute Gasteiger partial charge is 0.350 e. The Morgan fingerprint density at radius 3 is 2.94 bits per heavy atom. The maximum Gasteiger partial charge on any atom is 0.350 e. The van der Waals surface area contributed by atoms with Crippen molar-refractivity contribution >= 4 is 29.0 Å². The van der Waals surface area contributed by atoms with Gasteiger partial charge in [0.2, 0.25) is 12.7 Å². The summed E-state index contributed by atoms with van der Waals surface area (Å²) in [5.41, 5.74) is 1.66. The summed E-state index contributed by atoms with van der Waals surface area (Å²) in [4.78, 5) is 30.6. The molecule has 3 heterocycles. The molecule has 10 heteroatoms. The van der Waals surface area contributed by atoms with E-state index in [1.807, 2.05) is 31.2 Å². The molecule has 0 atom stereocenters. The van der Waals surface area contributed by atoms with Crippen LogP contribution in [0.1, 0.15) is 5.56 Å². The van der Waals surface area contributed by atoms with E-state index >= 15 is 0 Å². The quantitative estimate of drug-likeness (QED) is 0.514. The van der Waals surface area contributed by atoms with E-state index in [0.717, 1.165) is 15.1 Å². The molecule has 1 amide bonds. The zero-order chi connectivity index (χ0) is 21.4. The van der Waals surface area contributed by atoms with Gasteiger partial charge in [-0.2, -0.15) is 0 Å². The molecule has 2 aromatic carbocycles. The number of benzene rings is 2. The fourth-order valence-corrected chi connectivity index (χ4v) is 4.16. The van der Waals surface area contributed by atoms with E-state index in [4.69, 9.17) is 9.47 Å². The molecule has 2 aromatic heterocycles. The Labute approximate surface area is 180 Å². The van der Waals surface area contributed by atoms with Gasteiger partial charge < -0.3 is 14.8 Å². The van der Waals surface area contributed by atoms with Crippen LogP contribution in [-0.4, -0.2) is 31.9 Å². The van der Waals surface area contributed by atoms with E-state index in [1.165, 1.54) is 22.4 Å². The lowest BCUT2D eigenvalue weighted by Gasteiger charge is -2.05. The molecule has 0 fully saturated rings. The first kappa shape index (κ1) is 19.2. The molecule has 0 saturated carbocycles. The van der Waals surface area contributed by atoms with Gasteiger partial charge in [0.05, 0.1) is 0 Å². The Balaban J connectivity index is 1.38. The average molecular weight is 435 g/mol. The topological polar surface area (TPSA) is 99.8 Å². The third kappa shape index (κ3) is 3.84. The van der Waals surface area contributed by atoms with Gasteiger partial charge in [-0.1, -0.05) is 29.5 Å². The van der Waals surface area contributed by atoms with Crippen LogP contribution in [0.4, 0.5) is 5.69 Å². The molecule has 156 valence electrons. The van der Waals surface area contributed by atoms with E-state index < -0.39 is 5.69 Å². The van der Waals surface area contributed by atoms with Gasteiger partial charge in [-0.25, -0.2) is 18.9 Å². The van der Waals surface area contributed by atoms with Crippen LogP contribution < -0.4 is 20.5 Å². The van der Waals surface area contributed by atoms with Gasteiger partial charge in [-0.05, 0) is 31.2 Å². The predicted molar refractivity (Wildman–Crippen MR) is 114 cm³/mol. The standard InChI is InChI=1S/C21H17N5O4S/c1-13-3-2-4-15(9-13)31-20-19-24-26(21(28)25(19)8-7-22-20)11-18(27)23-14-5-6-16-17(10-14)30-12-29-16/h2-10H,11-12H2,1H3,(H,23,27). The van der Waals surface area contributed by atoms with Crippen molar-refractivity contribution in [1.29, 1.82) is 0 Å². The fourth-order valence-electron chi connectivity index (χ4n) is 3.20. The van der Waals surface area contributed by atoms with Crippen LogP contribution in [0.2, 0.25) is 0 Å². The van der Waals surface area contributed by atoms with Gasteiger partial charge in [-0.3, -0.25) is 4.79 Å². The van der Waals surface area contributed by atoms with Crippen LogP contribution in [-0.2, 0) is 11.3 Å². The Morgan fingerprint density at radius 2 is 2.06 bits per heavy atom. The monoisotopic (exact) mass is 435 g/mol. The minimum Gasteiger partial charge on any atom is -0.454 e. The number of hydrogen-bond acceptors (Lipinski definition) is 7. The number of carbonyl (C=O) groups excluding carboxylic acids is 1. The van der Waals surface area contributed by atoms with Crippen LogP contribution in [0.15, 0.2) is 69.6 Å². The van der Waals surface area contributed by atoms with Crippen molar-refractivity contribution in [2.24, 2.45) is 0 Å². The first-order valence-electron chi connectivity index (χ1n) is 9.45. The summed E-state index contributed by atoms with van der Waals surface area (Å²) in [5, 5.41) is 7.68. The largest absolute Gasteiger partial charge is 0.454 e. The highest BCUT2D eigenvalue weighted by atomic mass is 32.2.